The number of nitrogens with zero attached hydrogens (tertiary/aromatic N) is 1. The number of likely N-dealkylation sites (N-methyl/N-ethyl adjacent to an activating group) is 1. The first kappa shape index (κ1) is 39.5. The molecule has 0 heterocycles. The van der Waals surface area contributed by atoms with E-state index in [1.165, 1.54) is 25.7 Å². The van der Waals surface area contributed by atoms with Gasteiger partial charge in [-0.15, -0.1) is 0 Å². The zero-order chi connectivity index (χ0) is 30.7. The molecule has 0 bridgehead atoms. The Hall–Kier alpha value is -1.54. The van der Waals surface area contributed by atoms with Crippen molar-refractivity contribution < 1.29 is 37.3 Å². The van der Waals surface area contributed by atoms with Gasteiger partial charge in [-0.1, -0.05) is 94.6 Å². The summed E-state index contributed by atoms with van der Waals surface area (Å²) in [5.41, 5.74) is 0. The zero-order valence-corrected chi connectivity index (χ0v) is 27.4. The van der Waals surface area contributed by atoms with Crippen molar-refractivity contribution in [3.63, 3.8) is 0 Å². The summed E-state index contributed by atoms with van der Waals surface area (Å²) in [6, 6.07) is 0. The summed E-state index contributed by atoms with van der Waals surface area (Å²) >= 11 is 0. The highest BCUT2D eigenvalue weighted by molar-refractivity contribution is 7.45. The van der Waals surface area contributed by atoms with Gasteiger partial charge in [-0.25, -0.2) is 0 Å². The molecule has 8 nitrogen and oxygen atoms in total. The van der Waals surface area contributed by atoms with Gasteiger partial charge in [0.25, 0.3) is 7.82 Å². The first-order valence-corrected chi connectivity index (χ1v) is 16.8. The predicted octanol–water partition coefficient (Wildman–Crippen LogP) is 7.07. The Morgan fingerprint density at radius 1 is 0.780 bits per heavy atom. The van der Waals surface area contributed by atoms with E-state index in [1.54, 1.807) is 0 Å². The van der Waals surface area contributed by atoms with Crippen molar-refractivity contribution in [1.29, 1.82) is 0 Å². The number of allylic oxidation sites excluding steroid dienone is 8. The Kier molecular flexibility index (Phi) is 25.1. The first-order valence-electron chi connectivity index (χ1n) is 15.4. The van der Waals surface area contributed by atoms with Gasteiger partial charge >= 0.3 is 5.97 Å². The van der Waals surface area contributed by atoms with E-state index in [4.69, 9.17) is 18.5 Å². The summed E-state index contributed by atoms with van der Waals surface area (Å²) in [4.78, 5) is 24.6. The average Bonchev–Trinajstić information content (AvgIpc) is 2.90. The number of carbonyl (C=O) groups is 1. The van der Waals surface area contributed by atoms with E-state index < -0.39 is 19.9 Å². The quantitative estimate of drug-likeness (QED) is 0.0328. The van der Waals surface area contributed by atoms with Gasteiger partial charge in [0, 0.05) is 13.0 Å². The van der Waals surface area contributed by atoms with Gasteiger partial charge in [-0.3, -0.25) is 9.36 Å². The minimum atomic E-state index is -4.52. The lowest BCUT2D eigenvalue weighted by Gasteiger charge is -2.28. The molecule has 0 fully saturated rings. The third kappa shape index (κ3) is 29.7. The molecule has 2 unspecified atom stereocenters. The monoisotopic (exact) mass is 599 g/mol. The van der Waals surface area contributed by atoms with Crippen LogP contribution >= 0.6 is 7.82 Å². The molecule has 0 rings (SSSR count). The fourth-order valence-corrected chi connectivity index (χ4v) is 4.23. The summed E-state index contributed by atoms with van der Waals surface area (Å²) in [6.07, 6.45) is 27.3. The van der Waals surface area contributed by atoms with Crippen LogP contribution in [0.2, 0.25) is 0 Å². The highest BCUT2D eigenvalue weighted by Crippen LogP contribution is 2.38. The molecule has 0 saturated carbocycles. The normalized spacial score (nSPS) is 15.0. The number of esters is 1. The van der Waals surface area contributed by atoms with Gasteiger partial charge in [-0.2, -0.15) is 0 Å². The summed E-state index contributed by atoms with van der Waals surface area (Å²) in [6.45, 7) is 5.09. The lowest BCUT2D eigenvalue weighted by molar-refractivity contribution is -0.870. The molecule has 238 valence electrons. The molecule has 0 radical (unpaired) electrons. The van der Waals surface area contributed by atoms with Crippen LogP contribution in [0, 0.1) is 0 Å². The summed E-state index contributed by atoms with van der Waals surface area (Å²) < 4.78 is 33.9. The van der Waals surface area contributed by atoms with E-state index in [-0.39, 0.29) is 26.2 Å². The number of quaternary nitrogens is 1. The number of phosphoric ester groups is 1. The van der Waals surface area contributed by atoms with Crippen LogP contribution in [-0.4, -0.2) is 70.7 Å². The maximum atomic E-state index is 12.4. The minimum absolute atomic E-state index is 0.0120. The van der Waals surface area contributed by atoms with E-state index in [2.05, 4.69) is 50.3 Å². The SMILES string of the molecule is CC/C=C\C/C=C\C/C=C\C/C=C\CCC(=O)OC(COCCCCCCCC)COP(=O)([O-])OCC[N+](C)(C)C. The largest absolute Gasteiger partial charge is 0.756 e. The Labute approximate surface area is 250 Å². The summed E-state index contributed by atoms with van der Waals surface area (Å²) in [5, 5.41) is 0. The van der Waals surface area contributed by atoms with Crippen molar-refractivity contribution in [3.05, 3.63) is 48.6 Å². The maximum Gasteiger partial charge on any atom is 0.306 e. The average molecular weight is 600 g/mol. The van der Waals surface area contributed by atoms with Gasteiger partial charge in [0.2, 0.25) is 0 Å². The van der Waals surface area contributed by atoms with Crippen LogP contribution in [0.25, 0.3) is 0 Å². The number of hydrogen-bond acceptors (Lipinski definition) is 7. The Morgan fingerprint density at radius 2 is 1.37 bits per heavy atom. The van der Waals surface area contributed by atoms with Crippen LogP contribution in [-0.2, 0) is 27.9 Å². The van der Waals surface area contributed by atoms with Gasteiger partial charge < -0.3 is 27.9 Å². The Bertz CT molecular complexity index is 802. The fraction of sp³-hybridized carbons (Fsp3) is 0.719. The molecule has 0 aromatic carbocycles. The molecule has 0 spiro atoms. The molecule has 0 aliphatic rings. The Balaban J connectivity index is 4.51. The van der Waals surface area contributed by atoms with Crippen molar-refractivity contribution in [2.75, 3.05) is 54.1 Å². The lowest BCUT2D eigenvalue weighted by Crippen LogP contribution is -2.37. The van der Waals surface area contributed by atoms with Crippen LogP contribution in [0.3, 0.4) is 0 Å². The predicted molar refractivity (Wildman–Crippen MR) is 166 cm³/mol. The zero-order valence-electron chi connectivity index (χ0n) is 26.5. The molecule has 0 aromatic heterocycles. The van der Waals surface area contributed by atoms with E-state index in [9.17, 15) is 14.3 Å². The molecular formula is C32H58NO7P. The van der Waals surface area contributed by atoms with Crippen molar-refractivity contribution in [2.45, 2.75) is 97.0 Å². The molecule has 0 N–H and O–H groups in total. The minimum Gasteiger partial charge on any atom is -0.756 e. The van der Waals surface area contributed by atoms with Crippen molar-refractivity contribution in [1.82, 2.24) is 0 Å². The van der Waals surface area contributed by atoms with Crippen LogP contribution in [0.1, 0.15) is 90.9 Å². The van der Waals surface area contributed by atoms with Gasteiger partial charge in [0.15, 0.2) is 0 Å². The number of hydrogen-bond donors (Lipinski definition) is 0. The van der Waals surface area contributed by atoms with Gasteiger partial charge in [0.05, 0.1) is 34.4 Å². The Morgan fingerprint density at radius 3 is 1.98 bits per heavy atom. The molecule has 0 saturated heterocycles. The smallest absolute Gasteiger partial charge is 0.306 e. The highest BCUT2D eigenvalue weighted by atomic mass is 31.2. The molecule has 2 atom stereocenters. The molecular weight excluding hydrogens is 541 g/mol. The van der Waals surface area contributed by atoms with E-state index >= 15 is 0 Å². The van der Waals surface area contributed by atoms with Crippen LogP contribution in [0.5, 0.6) is 0 Å². The number of carbonyl (C=O) groups excluding carboxylic acids is 1. The van der Waals surface area contributed by atoms with E-state index in [0.29, 0.717) is 24.1 Å². The van der Waals surface area contributed by atoms with Crippen molar-refractivity contribution >= 4 is 13.8 Å². The molecule has 0 aliphatic heterocycles. The second-order valence-electron chi connectivity index (χ2n) is 11.1. The van der Waals surface area contributed by atoms with Gasteiger partial charge in [0.1, 0.15) is 19.3 Å². The standard InChI is InChI=1S/C32H58NO7P/c1-6-8-10-12-14-15-16-17-18-19-20-21-23-25-32(34)40-31(29-37-27-24-22-13-11-9-7-2)30-39-41(35,36)38-28-26-33(3,4)5/h8,10,14-15,17-18,20-21,31H,6-7,9,11-13,16,19,22-30H2,1-5H3/b10-8-,15-14-,18-17-,21-20-. The number of unbranched alkanes of at least 4 members (excludes halogenated alkanes) is 5. The second-order valence-corrected chi connectivity index (χ2v) is 12.5. The second kappa shape index (κ2) is 26.1. The van der Waals surface area contributed by atoms with E-state index in [1.807, 2.05) is 33.3 Å². The molecule has 0 aromatic rings. The summed E-state index contributed by atoms with van der Waals surface area (Å²) in [5.74, 6) is -0.420. The van der Waals surface area contributed by atoms with Crippen LogP contribution < -0.4 is 4.89 Å². The molecule has 0 amide bonds. The van der Waals surface area contributed by atoms with Gasteiger partial charge in [-0.05, 0) is 38.5 Å². The van der Waals surface area contributed by atoms with Crippen molar-refractivity contribution in [3.8, 4) is 0 Å². The van der Waals surface area contributed by atoms with E-state index in [0.717, 1.165) is 38.5 Å². The maximum absolute atomic E-state index is 12.4. The van der Waals surface area contributed by atoms with Crippen molar-refractivity contribution in [2.24, 2.45) is 0 Å². The van der Waals surface area contributed by atoms with Crippen LogP contribution in [0.4, 0.5) is 0 Å². The number of rotatable bonds is 27. The number of ether oxygens (including phenoxy) is 2. The first-order chi connectivity index (χ1) is 19.6. The summed E-state index contributed by atoms with van der Waals surface area (Å²) in [7, 11) is 1.30. The third-order valence-corrected chi connectivity index (χ3v) is 6.87. The lowest BCUT2D eigenvalue weighted by atomic mass is 10.1. The number of phosphoric acid groups is 1. The molecule has 0 aliphatic carbocycles. The highest BCUT2D eigenvalue weighted by Gasteiger charge is 2.20. The third-order valence-electron chi connectivity index (χ3n) is 5.91. The molecule has 41 heavy (non-hydrogen) atoms. The molecule has 9 heteroatoms. The van der Waals surface area contributed by atoms with Crippen LogP contribution in [0.15, 0.2) is 48.6 Å². The topological polar surface area (TPSA) is 94.1 Å². The fourth-order valence-electron chi connectivity index (χ4n) is 3.50.